The zero-order valence-electron chi connectivity index (χ0n) is 23.8. The Labute approximate surface area is 241 Å². The number of carboxylic acid groups (broad SMARTS) is 2. The Bertz CT molecular complexity index is 1070. The molecule has 4 rings (SSSR count). The Balaban J connectivity index is 0.000000367. The number of hydrogen-bond donors (Lipinski definition) is 3. The van der Waals surface area contributed by atoms with Gasteiger partial charge in [0.1, 0.15) is 5.78 Å². The lowest BCUT2D eigenvalue weighted by Gasteiger charge is -2.59. The van der Waals surface area contributed by atoms with Gasteiger partial charge < -0.3 is 15.5 Å². The van der Waals surface area contributed by atoms with E-state index in [1.165, 1.54) is 24.8 Å². The van der Waals surface area contributed by atoms with E-state index in [4.69, 9.17) is 19.8 Å². The van der Waals surface area contributed by atoms with Gasteiger partial charge in [-0.25, -0.2) is 9.59 Å². The second-order valence-electron chi connectivity index (χ2n) is 11.6. The van der Waals surface area contributed by atoms with Gasteiger partial charge in [-0.2, -0.15) is 26.3 Å². The second kappa shape index (κ2) is 14.5. The van der Waals surface area contributed by atoms with Gasteiger partial charge in [-0.1, -0.05) is 62.8 Å². The SMILES string of the molecule is CC/C(=C\c1ccccc1)[C@H]1C[C@@H]1NC1CC2(C1)CN(CC(=O)CC(C)C)C2.O=C(O)C(F)(F)F.O=C(O)C(F)(F)F. The van der Waals surface area contributed by atoms with E-state index in [9.17, 15) is 31.1 Å². The summed E-state index contributed by atoms with van der Waals surface area (Å²) >= 11 is 0. The second-order valence-corrected chi connectivity index (χ2v) is 11.6. The summed E-state index contributed by atoms with van der Waals surface area (Å²) in [5.74, 6) is -3.89. The molecule has 1 aromatic rings. The first-order chi connectivity index (χ1) is 19.3. The average Bonchev–Trinajstić information content (AvgIpc) is 3.58. The summed E-state index contributed by atoms with van der Waals surface area (Å²) in [6.45, 7) is 9.48. The predicted molar refractivity (Wildman–Crippen MR) is 143 cm³/mol. The Morgan fingerprint density at radius 3 is 1.93 bits per heavy atom. The molecule has 3 N–H and O–H groups in total. The van der Waals surface area contributed by atoms with Gasteiger partial charge in [-0.3, -0.25) is 9.69 Å². The molecule has 1 saturated heterocycles. The summed E-state index contributed by atoms with van der Waals surface area (Å²) in [5.41, 5.74) is 3.44. The topological polar surface area (TPSA) is 107 Å². The van der Waals surface area contributed by atoms with Crippen LogP contribution in [-0.4, -0.2) is 76.9 Å². The maximum atomic E-state index is 12.0. The normalized spacial score (nSPS) is 21.7. The zero-order chi connectivity index (χ0) is 31.9. The Morgan fingerprint density at radius 2 is 1.50 bits per heavy atom. The molecule has 1 heterocycles. The molecule has 0 unspecified atom stereocenters. The molecule has 2 aliphatic carbocycles. The lowest BCUT2D eigenvalue weighted by molar-refractivity contribution is -0.193. The smallest absolute Gasteiger partial charge is 0.475 e. The number of halogens is 6. The molecule has 13 heteroatoms. The average molecular weight is 609 g/mol. The van der Waals surface area contributed by atoms with Crippen LogP contribution in [-0.2, 0) is 14.4 Å². The minimum atomic E-state index is -5.08. The molecule has 1 spiro atoms. The van der Waals surface area contributed by atoms with Crippen molar-refractivity contribution in [1.82, 2.24) is 10.2 Å². The van der Waals surface area contributed by atoms with E-state index >= 15 is 0 Å². The van der Waals surface area contributed by atoms with E-state index in [-0.39, 0.29) is 0 Å². The van der Waals surface area contributed by atoms with Crippen LogP contribution in [0.1, 0.15) is 58.4 Å². The van der Waals surface area contributed by atoms with Crippen LogP contribution in [0.4, 0.5) is 26.3 Å². The summed E-state index contributed by atoms with van der Waals surface area (Å²) in [6, 6.07) is 12.1. The number of rotatable bonds is 9. The van der Waals surface area contributed by atoms with Crippen molar-refractivity contribution in [2.45, 2.75) is 77.3 Å². The third kappa shape index (κ3) is 11.4. The van der Waals surface area contributed by atoms with Crippen LogP contribution in [0.2, 0.25) is 0 Å². The molecule has 2 saturated carbocycles. The highest BCUT2D eigenvalue weighted by Gasteiger charge is 2.54. The monoisotopic (exact) mass is 608 g/mol. The summed E-state index contributed by atoms with van der Waals surface area (Å²) < 4.78 is 63.5. The molecule has 0 bridgehead atoms. The van der Waals surface area contributed by atoms with Gasteiger partial charge in [-0.05, 0) is 48.5 Å². The highest BCUT2D eigenvalue weighted by Crippen LogP contribution is 2.50. The van der Waals surface area contributed by atoms with Crippen LogP contribution in [0, 0.1) is 17.3 Å². The van der Waals surface area contributed by atoms with E-state index < -0.39 is 24.3 Å². The van der Waals surface area contributed by atoms with Gasteiger partial charge in [-0.15, -0.1) is 0 Å². The minimum Gasteiger partial charge on any atom is -0.475 e. The zero-order valence-corrected chi connectivity index (χ0v) is 23.8. The maximum absolute atomic E-state index is 12.0. The largest absolute Gasteiger partial charge is 0.490 e. The number of aliphatic carboxylic acids is 2. The highest BCUT2D eigenvalue weighted by molar-refractivity contribution is 5.80. The van der Waals surface area contributed by atoms with Crippen LogP contribution >= 0.6 is 0 Å². The van der Waals surface area contributed by atoms with E-state index in [1.807, 2.05) is 0 Å². The van der Waals surface area contributed by atoms with Gasteiger partial charge in [0.05, 0.1) is 6.54 Å². The first-order valence-corrected chi connectivity index (χ1v) is 13.7. The van der Waals surface area contributed by atoms with Gasteiger partial charge in [0.25, 0.3) is 0 Å². The van der Waals surface area contributed by atoms with Crippen LogP contribution in [0.5, 0.6) is 0 Å². The number of benzene rings is 1. The van der Waals surface area contributed by atoms with Crippen LogP contribution in [0.15, 0.2) is 35.9 Å². The summed E-state index contributed by atoms with van der Waals surface area (Å²) in [6.07, 6.45) is -2.00. The Kier molecular flexibility index (Phi) is 12.2. The summed E-state index contributed by atoms with van der Waals surface area (Å²) in [5, 5.41) is 18.2. The minimum absolute atomic E-state index is 0.414. The molecule has 0 aromatic heterocycles. The number of ketones is 1. The number of nitrogens with one attached hydrogen (secondary N) is 1. The quantitative estimate of drug-likeness (QED) is 0.304. The molecule has 2 atom stereocenters. The Morgan fingerprint density at radius 1 is 1.00 bits per heavy atom. The molecule has 7 nitrogen and oxygen atoms in total. The molecule has 1 aliphatic heterocycles. The number of carbonyl (C=O) groups is 3. The molecule has 0 radical (unpaired) electrons. The molecule has 3 fully saturated rings. The molecule has 1 aromatic carbocycles. The standard InChI is InChI=1S/C25H36N2O.2C2HF3O2/c1-4-20(11-19-8-6-5-7-9-19)23-12-24(23)26-21-13-25(14-21)16-27(17-25)15-22(28)10-18(2)3;2*3-2(4,5)1(6)7/h5-9,11,18,21,23-24,26H,4,10,12-17H2,1-3H3;2*(H,6,7)/b20-11+;;/t23-,24+;;/m1../s1. The number of carbonyl (C=O) groups excluding carboxylic acids is 1. The van der Waals surface area contributed by atoms with Crippen LogP contribution in [0.3, 0.4) is 0 Å². The van der Waals surface area contributed by atoms with E-state index in [0.29, 0.717) is 35.7 Å². The van der Waals surface area contributed by atoms with Crippen molar-refractivity contribution >= 4 is 23.8 Å². The lowest BCUT2D eigenvalue weighted by atomic mass is 9.60. The van der Waals surface area contributed by atoms with E-state index in [0.717, 1.165) is 31.8 Å². The van der Waals surface area contributed by atoms with Crippen molar-refractivity contribution in [2.75, 3.05) is 19.6 Å². The van der Waals surface area contributed by atoms with Gasteiger partial charge in [0, 0.05) is 31.6 Å². The fourth-order valence-electron chi connectivity index (χ4n) is 5.47. The van der Waals surface area contributed by atoms with Gasteiger partial charge >= 0.3 is 24.3 Å². The molecular weight excluding hydrogens is 570 g/mol. The van der Waals surface area contributed by atoms with Crippen molar-refractivity contribution in [3.63, 3.8) is 0 Å². The fraction of sp³-hybridized carbons (Fsp3) is 0.621. The highest BCUT2D eigenvalue weighted by atomic mass is 19.4. The molecule has 3 aliphatic rings. The lowest BCUT2D eigenvalue weighted by Crippen LogP contribution is -2.66. The third-order valence-corrected chi connectivity index (χ3v) is 7.27. The van der Waals surface area contributed by atoms with Crippen molar-refractivity contribution < 1.29 is 50.9 Å². The third-order valence-electron chi connectivity index (χ3n) is 7.27. The maximum Gasteiger partial charge on any atom is 0.490 e. The molecule has 0 amide bonds. The van der Waals surface area contributed by atoms with Crippen molar-refractivity contribution in [1.29, 1.82) is 0 Å². The van der Waals surface area contributed by atoms with Gasteiger partial charge in [0.15, 0.2) is 0 Å². The van der Waals surface area contributed by atoms with Crippen LogP contribution in [0.25, 0.3) is 6.08 Å². The molecule has 42 heavy (non-hydrogen) atoms. The first kappa shape index (κ1) is 35.3. The van der Waals surface area contributed by atoms with Crippen molar-refractivity contribution in [2.24, 2.45) is 17.3 Å². The summed E-state index contributed by atoms with van der Waals surface area (Å²) in [4.78, 5) is 32.1. The molecule has 236 valence electrons. The van der Waals surface area contributed by atoms with Crippen molar-refractivity contribution in [3.8, 4) is 0 Å². The van der Waals surface area contributed by atoms with Gasteiger partial charge in [0.2, 0.25) is 0 Å². The van der Waals surface area contributed by atoms with E-state index in [1.54, 1.807) is 5.57 Å². The predicted octanol–water partition coefficient (Wildman–Crippen LogP) is 5.80. The number of nitrogens with zero attached hydrogens (tertiary/aromatic N) is 1. The number of alkyl halides is 6. The first-order valence-electron chi connectivity index (χ1n) is 13.7. The fourth-order valence-corrected chi connectivity index (χ4v) is 5.47. The molecular formula is C29H38F6N2O5. The summed E-state index contributed by atoms with van der Waals surface area (Å²) in [7, 11) is 0. The number of likely N-dealkylation sites (tertiary alicyclic amines) is 1. The van der Waals surface area contributed by atoms with E-state index in [2.05, 4.69) is 67.4 Å². The Hall–Kier alpha value is -2.93. The van der Waals surface area contributed by atoms with Crippen LogP contribution < -0.4 is 5.32 Å². The number of hydrogen-bond acceptors (Lipinski definition) is 5. The number of carboxylic acids is 2. The number of Topliss-reactive ketones (excluding diaryl/α,β-unsaturated/α-hetero) is 1. The van der Waals surface area contributed by atoms with Crippen molar-refractivity contribution in [3.05, 3.63) is 41.5 Å².